The monoisotopic (exact) mass is 588 g/mol. The van der Waals surface area contributed by atoms with E-state index in [4.69, 9.17) is 18.9 Å². The topological polar surface area (TPSA) is 112 Å². The van der Waals surface area contributed by atoms with Gasteiger partial charge in [-0.25, -0.2) is 18.0 Å². The van der Waals surface area contributed by atoms with Gasteiger partial charge in [0.15, 0.2) is 0 Å². The van der Waals surface area contributed by atoms with Gasteiger partial charge in [0.25, 0.3) is 0 Å². The third-order valence-electron chi connectivity index (χ3n) is 6.66. The van der Waals surface area contributed by atoms with E-state index in [1.165, 1.54) is 24.6 Å². The van der Waals surface area contributed by atoms with E-state index in [1.807, 2.05) is 36.4 Å². The molecule has 12 heteroatoms. The molecule has 1 aromatic heterocycles. The molecule has 1 saturated heterocycles. The quantitative estimate of drug-likeness (QED) is 0.310. The van der Waals surface area contributed by atoms with Gasteiger partial charge >= 0.3 is 11.9 Å². The predicted molar refractivity (Wildman–Crippen MR) is 149 cm³/mol. The van der Waals surface area contributed by atoms with E-state index in [0.717, 1.165) is 22.5 Å². The van der Waals surface area contributed by atoms with Crippen molar-refractivity contribution in [2.75, 3.05) is 54.1 Å². The minimum atomic E-state index is -3.84. The van der Waals surface area contributed by atoms with Gasteiger partial charge in [-0.15, -0.1) is 11.3 Å². The van der Waals surface area contributed by atoms with Gasteiger partial charge in [0.2, 0.25) is 10.0 Å². The van der Waals surface area contributed by atoms with Crippen LogP contribution in [-0.4, -0.2) is 83.6 Å². The Morgan fingerprint density at radius 1 is 0.925 bits per heavy atom. The lowest BCUT2D eigenvalue weighted by Crippen LogP contribution is -2.49. The second-order valence-electron chi connectivity index (χ2n) is 9.08. The molecule has 0 aliphatic carbocycles. The van der Waals surface area contributed by atoms with Crippen LogP contribution >= 0.6 is 11.3 Å². The van der Waals surface area contributed by atoms with Gasteiger partial charge in [-0.3, -0.25) is 4.90 Å². The van der Waals surface area contributed by atoms with Crippen molar-refractivity contribution >= 4 is 33.3 Å². The average molecular weight is 589 g/mol. The van der Waals surface area contributed by atoms with Crippen molar-refractivity contribution in [3.8, 4) is 5.75 Å². The summed E-state index contributed by atoms with van der Waals surface area (Å²) in [5.74, 6) is -0.351. The number of sulfonamides is 1. The van der Waals surface area contributed by atoms with Crippen LogP contribution in [0.5, 0.6) is 5.75 Å². The number of ether oxygens (including phenoxy) is 4. The fraction of sp³-hybridized carbons (Fsp3) is 0.357. The molecule has 0 N–H and O–H groups in total. The Hall–Kier alpha value is -3.29. The molecule has 214 valence electrons. The SMILES string of the molecule is COC(=O)c1ccc(CO[C@H](CN2CCN(S(=O)(=O)c3ccsc3C(=O)OC)CC2)c2cccc(OC)c2)cc1. The minimum Gasteiger partial charge on any atom is -0.497 e. The average Bonchev–Trinajstić information content (AvgIpc) is 3.50. The Morgan fingerprint density at radius 3 is 2.27 bits per heavy atom. The van der Waals surface area contributed by atoms with E-state index in [1.54, 1.807) is 24.6 Å². The number of esters is 2. The molecule has 2 aromatic carbocycles. The summed E-state index contributed by atoms with van der Waals surface area (Å²) >= 11 is 1.05. The first-order valence-corrected chi connectivity index (χ1v) is 14.9. The highest BCUT2D eigenvalue weighted by Crippen LogP contribution is 2.28. The Balaban J connectivity index is 1.44. The Bertz CT molecular complexity index is 1410. The summed E-state index contributed by atoms with van der Waals surface area (Å²) in [4.78, 5) is 26.0. The van der Waals surface area contributed by atoms with Crippen molar-refractivity contribution in [3.63, 3.8) is 0 Å². The molecule has 4 rings (SSSR count). The molecule has 2 heterocycles. The maximum absolute atomic E-state index is 13.3. The molecule has 0 spiro atoms. The van der Waals surface area contributed by atoms with Crippen LogP contribution in [0.15, 0.2) is 64.9 Å². The number of hydrogen-bond acceptors (Lipinski definition) is 10. The van der Waals surface area contributed by atoms with Crippen molar-refractivity contribution in [1.82, 2.24) is 9.21 Å². The maximum atomic E-state index is 13.3. The van der Waals surface area contributed by atoms with E-state index in [0.29, 0.717) is 37.6 Å². The third-order valence-corrected chi connectivity index (χ3v) is 9.63. The number of nitrogens with zero attached hydrogens (tertiary/aromatic N) is 2. The summed E-state index contributed by atoms with van der Waals surface area (Å²) < 4.78 is 49.3. The Kier molecular flexibility index (Phi) is 9.93. The lowest BCUT2D eigenvalue weighted by atomic mass is 10.1. The minimum absolute atomic E-state index is 0.0198. The number of piperazine rings is 1. The summed E-state index contributed by atoms with van der Waals surface area (Å²) in [7, 11) is 0.342. The van der Waals surface area contributed by atoms with E-state index in [-0.39, 0.29) is 29.0 Å². The normalized spacial score (nSPS) is 15.4. The van der Waals surface area contributed by atoms with Crippen molar-refractivity contribution in [2.45, 2.75) is 17.6 Å². The van der Waals surface area contributed by atoms with Gasteiger partial charge in [-0.1, -0.05) is 24.3 Å². The fourth-order valence-corrected chi connectivity index (χ4v) is 7.15. The zero-order valence-corrected chi connectivity index (χ0v) is 24.2. The molecule has 1 aliphatic rings. The largest absolute Gasteiger partial charge is 0.497 e. The van der Waals surface area contributed by atoms with Crippen LogP contribution in [-0.2, 0) is 30.8 Å². The second kappa shape index (κ2) is 13.4. The summed E-state index contributed by atoms with van der Waals surface area (Å²) in [5.41, 5.74) is 2.29. The first kappa shape index (κ1) is 29.7. The van der Waals surface area contributed by atoms with Crippen LogP contribution in [0.3, 0.4) is 0 Å². The van der Waals surface area contributed by atoms with Crippen LogP contribution in [0.1, 0.15) is 37.3 Å². The van der Waals surface area contributed by atoms with Crippen LogP contribution in [0.25, 0.3) is 0 Å². The van der Waals surface area contributed by atoms with Gasteiger partial charge in [0.05, 0.1) is 39.6 Å². The molecule has 1 atom stereocenters. The molecule has 0 unspecified atom stereocenters. The highest BCUT2D eigenvalue weighted by molar-refractivity contribution is 7.89. The van der Waals surface area contributed by atoms with E-state index >= 15 is 0 Å². The molecule has 0 radical (unpaired) electrons. The summed E-state index contributed by atoms with van der Waals surface area (Å²) in [6.45, 7) is 2.39. The summed E-state index contributed by atoms with van der Waals surface area (Å²) in [6.07, 6.45) is -0.318. The van der Waals surface area contributed by atoms with E-state index < -0.39 is 22.0 Å². The molecular formula is C28H32N2O8S2. The second-order valence-corrected chi connectivity index (χ2v) is 11.9. The third kappa shape index (κ3) is 6.88. The molecule has 0 saturated carbocycles. The smallest absolute Gasteiger partial charge is 0.349 e. The maximum Gasteiger partial charge on any atom is 0.349 e. The van der Waals surface area contributed by atoms with Crippen LogP contribution in [0.4, 0.5) is 0 Å². The number of benzene rings is 2. The number of carbonyl (C=O) groups excluding carboxylic acids is 2. The molecule has 1 fully saturated rings. The summed E-state index contributed by atoms with van der Waals surface area (Å²) in [6, 6.07) is 16.2. The van der Waals surface area contributed by atoms with Gasteiger partial charge in [-0.2, -0.15) is 4.31 Å². The zero-order valence-electron chi connectivity index (χ0n) is 22.6. The Morgan fingerprint density at radius 2 is 1.62 bits per heavy atom. The highest BCUT2D eigenvalue weighted by atomic mass is 32.2. The number of carbonyl (C=O) groups is 2. The van der Waals surface area contributed by atoms with Crippen molar-refractivity contribution in [3.05, 3.63) is 81.5 Å². The molecule has 0 bridgehead atoms. The van der Waals surface area contributed by atoms with E-state index in [2.05, 4.69) is 4.90 Å². The lowest BCUT2D eigenvalue weighted by molar-refractivity contribution is 0.00760. The van der Waals surface area contributed by atoms with Crippen LogP contribution < -0.4 is 4.74 Å². The number of hydrogen-bond donors (Lipinski definition) is 0. The highest BCUT2D eigenvalue weighted by Gasteiger charge is 2.33. The molecule has 40 heavy (non-hydrogen) atoms. The number of methoxy groups -OCH3 is 3. The molecule has 0 amide bonds. The van der Waals surface area contributed by atoms with E-state index in [9.17, 15) is 18.0 Å². The zero-order chi connectivity index (χ0) is 28.7. The van der Waals surface area contributed by atoms with Crippen molar-refractivity contribution in [1.29, 1.82) is 0 Å². The molecule has 10 nitrogen and oxygen atoms in total. The Labute approximate surface area is 238 Å². The molecule has 3 aromatic rings. The van der Waals surface area contributed by atoms with Gasteiger partial charge in [-0.05, 0) is 46.8 Å². The van der Waals surface area contributed by atoms with Gasteiger partial charge < -0.3 is 18.9 Å². The van der Waals surface area contributed by atoms with Crippen molar-refractivity contribution < 1.29 is 37.0 Å². The molecule has 1 aliphatic heterocycles. The first-order chi connectivity index (χ1) is 19.3. The predicted octanol–water partition coefficient (Wildman–Crippen LogP) is 3.59. The fourth-order valence-electron chi connectivity index (χ4n) is 4.42. The van der Waals surface area contributed by atoms with Gasteiger partial charge in [0, 0.05) is 32.7 Å². The molecular weight excluding hydrogens is 556 g/mol. The van der Waals surface area contributed by atoms with Crippen LogP contribution in [0.2, 0.25) is 0 Å². The van der Waals surface area contributed by atoms with Crippen LogP contribution in [0, 0.1) is 0 Å². The lowest BCUT2D eigenvalue weighted by Gasteiger charge is -2.35. The summed E-state index contributed by atoms with van der Waals surface area (Å²) in [5, 5.41) is 1.58. The number of rotatable bonds is 11. The van der Waals surface area contributed by atoms with Gasteiger partial charge in [0.1, 0.15) is 15.5 Å². The van der Waals surface area contributed by atoms with Crippen molar-refractivity contribution in [2.24, 2.45) is 0 Å². The standard InChI is InChI=1S/C28H32N2O8S2/c1-35-23-6-4-5-22(17-23)24(38-19-20-7-9-21(10-8-20)27(31)36-2)18-29-12-14-30(15-13-29)40(33,34)25-11-16-39-26(25)28(32)37-3/h4-11,16-17,24H,12-15,18-19H2,1-3H3/t24-/m1/s1. The number of thiophene rings is 1. The first-order valence-electron chi connectivity index (χ1n) is 12.6.